The van der Waals surface area contributed by atoms with Crippen LogP contribution in [-0.4, -0.2) is 32.2 Å². The van der Waals surface area contributed by atoms with Crippen molar-refractivity contribution in [2.45, 2.75) is 37.9 Å². The van der Waals surface area contributed by atoms with Crippen LogP contribution in [0, 0.1) is 20.8 Å². The summed E-state index contributed by atoms with van der Waals surface area (Å²) in [6, 6.07) is 15.0. The second-order valence-electron chi connectivity index (χ2n) is 8.26. The molecule has 0 saturated carbocycles. The number of hydrogen-bond acceptors (Lipinski definition) is 4. The molecule has 1 atom stereocenters. The molecule has 0 bridgehead atoms. The van der Waals surface area contributed by atoms with Crippen LogP contribution in [0.25, 0.3) is 21.8 Å². The van der Waals surface area contributed by atoms with Gasteiger partial charge in [0.05, 0.1) is 10.4 Å². The summed E-state index contributed by atoms with van der Waals surface area (Å²) in [6.07, 6.45) is -4.87. The molecule has 34 heavy (non-hydrogen) atoms. The molecule has 4 rings (SSSR count). The van der Waals surface area contributed by atoms with Crippen molar-refractivity contribution in [2.75, 3.05) is 6.61 Å². The number of nitrogens with zero attached hydrogens (tertiary/aromatic N) is 1. The predicted molar refractivity (Wildman–Crippen MR) is 126 cm³/mol. The number of fused-ring (bicyclic) bond motifs is 2. The Morgan fingerprint density at radius 2 is 1.59 bits per heavy atom. The first-order valence-corrected chi connectivity index (χ1v) is 12.0. The highest BCUT2D eigenvalue weighted by Gasteiger charge is 2.43. The number of ether oxygens (including phenoxy) is 1. The zero-order valence-corrected chi connectivity index (χ0v) is 19.6. The zero-order valence-electron chi connectivity index (χ0n) is 18.8. The molecule has 0 amide bonds. The second-order valence-corrected chi connectivity index (χ2v) is 9.91. The maximum Gasteiger partial charge on any atom is 0.408 e. The van der Waals surface area contributed by atoms with Crippen LogP contribution in [0.15, 0.2) is 65.6 Å². The minimum atomic E-state index is -4.87. The lowest BCUT2D eigenvalue weighted by molar-refractivity contribution is -0.157. The van der Waals surface area contributed by atoms with Crippen molar-refractivity contribution in [2.24, 2.45) is 0 Å². The van der Waals surface area contributed by atoms with Gasteiger partial charge in [-0.25, -0.2) is 13.4 Å². The third kappa shape index (κ3) is 4.85. The summed E-state index contributed by atoms with van der Waals surface area (Å²) in [7, 11) is -4.46. The Bertz CT molecular complexity index is 1460. The third-order valence-corrected chi connectivity index (χ3v) is 7.26. The van der Waals surface area contributed by atoms with Crippen molar-refractivity contribution < 1.29 is 26.3 Å². The Morgan fingerprint density at radius 1 is 0.941 bits per heavy atom. The van der Waals surface area contributed by atoms with Gasteiger partial charge in [-0.3, -0.25) is 0 Å². The first-order valence-electron chi connectivity index (χ1n) is 10.5. The van der Waals surface area contributed by atoms with Gasteiger partial charge in [-0.15, -0.1) is 0 Å². The number of benzene rings is 3. The minimum Gasteiger partial charge on any atom is -0.489 e. The standard InChI is InChI=1S/C25H23F3N2O3S/c1-15-11-16(2)24(17(3)12-15)34(31,32)30-22(25(26,27)28)14-33-21-10-6-8-19-13-18-7-4-5-9-20(18)29-23(19)21/h4-13,22,30H,14H2,1-3H3. The highest BCUT2D eigenvalue weighted by atomic mass is 32.2. The molecule has 3 aromatic carbocycles. The van der Waals surface area contributed by atoms with Gasteiger partial charge in [-0.05, 0) is 50.1 Å². The van der Waals surface area contributed by atoms with Gasteiger partial charge >= 0.3 is 6.18 Å². The van der Waals surface area contributed by atoms with Crippen molar-refractivity contribution in [3.63, 3.8) is 0 Å². The fourth-order valence-corrected chi connectivity index (χ4v) is 5.76. The Labute approximate surface area is 195 Å². The van der Waals surface area contributed by atoms with Crippen molar-refractivity contribution in [1.82, 2.24) is 9.71 Å². The molecule has 0 aliphatic carbocycles. The number of aryl methyl sites for hydroxylation is 3. The first-order chi connectivity index (χ1) is 16.0. The van der Waals surface area contributed by atoms with E-state index in [1.807, 2.05) is 24.3 Å². The minimum absolute atomic E-state index is 0.138. The van der Waals surface area contributed by atoms with E-state index in [1.54, 1.807) is 55.8 Å². The van der Waals surface area contributed by atoms with Crippen LogP contribution in [0.5, 0.6) is 5.75 Å². The van der Waals surface area contributed by atoms with Gasteiger partial charge in [-0.2, -0.15) is 17.9 Å². The molecule has 0 aliphatic rings. The molecule has 0 spiro atoms. The lowest BCUT2D eigenvalue weighted by Gasteiger charge is -2.23. The van der Waals surface area contributed by atoms with Crippen LogP contribution >= 0.6 is 0 Å². The van der Waals surface area contributed by atoms with Crippen molar-refractivity contribution in [3.8, 4) is 5.75 Å². The molecule has 0 radical (unpaired) electrons. The number of sulfonamides is 1. The molecule has 5 nitrogen and oxygen atoms in total. The first kappa shape index (κ1) is 24.0. The molecule has 4 aromatic rings. The van der Waals surface area contributed by atoms with Crippen molar-refractivity contribution in [3.05, 3.63) is 77.4 Å². The summed E-state index contributed by atoms with van der Waals surface area (Å²) in [5.74, 6) is 0.138. The zero-order chi connectivity index (χ0) is 24.7. The van der Waals surface area contributed by atoms with Gasteiger partial charge in [0.15, 0.2) is 6.04 Å². The molecular weight excluding hydrogens is 465 g/mol. The smallest absolute Gasteiger partial charge is 0.408 e. The number of para-hydroxylation sites is 2. The highest BCUT2D eigenvalue weighted by Crippen LogP contribution is 2.30. The fraction of sp³-hybridized carbons (Fsp3) is 0.240. The van der Waals surface area contributed by atoms with Crippen LogP contribution < -0.4 is 9.46 Å². The van der Waals surface area contributed by atoms with Crippen LogP contribution in [0.1, 0.15) is 16.7 Å². The van der Waals surface area contributed by atoms with Gasteiger partial charge in [0.25, 0.3) is 0 Å². The molecule has 0 aliphatic heterocycles. The van der Waals surface area contributed by atoms with E-state index in [9.17, 15) is 21.6 Å². The lowest BCUT2D eigenvalue weighted by atomic mass is 10.1. The van der Waals surface area contributed by atoms with E-state index in [1.165, 1.54) is 6.07 Å². The van der Waals surface area contributed by atoms with Crippen LogP contribution in [0.4, 0.5) is 13.2 Å². The Morgan fingerprint density at radius 3 is 2.26 bits per heavy atom. The maximum atomic E-state index is 13.8. The van der Waals surface area contributed by atoms with E-state index in [4.69, 9.17) is 4.74 Å². The number of halogens is 3. The summed E-state index contributed by atoms with van der Waals surface area (Å²) in [5, 5.41) is 1.59. The quantitative estimate of drug-likeness (QED) is 0.359. The Kier molecular flexibility index (Phi) is 6.26. The number of hydrogen-bond donors (Lipinski definition) is 1. The third-order valence-electron chi connectivity index (χ3n) is 5.48. The molecule has 0 saturated heterocycles. The van der Waals surface area contributed by atoms with E-state index in [2.05, 4.69) is 4.98 Å². The van der Waals surface area contributed by atoms with Crippen molar-refractivity contribution in [1.29, 1.82) is 0 Å². The van der Waals surface area contributed by atoms with Crippen LogP contribution in [-0.2, 0) is 10.0 Å². The fourth-order valence-electron chi connectivity index (χ4n) is 4.10. The normalized spacial score (nSPS) is 13.4. The molecule has 9 heteroatoms. The second kappa shape index (κ2) is 8.88. The number of aromatic nitrogens is 1. The monoisotopic (exact) mass is 488 g/mol. The number of nitrogens with one attached hydrogen (secondary N) is 1. The van der Waals surface area contributed by atoms with Gasteiger partial charge in [0.2, 0.25) is 10.0 Å². The SMILES string of the molecule is Cc1cc(C)c(S(=O)(=O)NC(COc2cccc3cc4ccccc4nc23)C(F)(F)F)c(C)c1. The molecule has 1 unspecified atom stereocenters. The number of alkyl halides is 3. The van der Waals surface area contributed by atoms with Gasteiger partial charge in [-0.1, -0.05) is 48.0 Å². The van der Waals surface area contributed by atoms with Crippen LogP contribution in [0.2, 0.25) is 0 Å². The largest absolute Gasteiger partial charge is 0.489 e. The van der Waals surface area contributed by atoms with Gasteiger partial charge < -0.3 is 4.74 Å². The van der Waals surface area contributed by atoms with Crippen LogP contribution in [0.3, 0.4) is 0 Å². The molecular formula is C25H23F3N2O3S. The van der Waals surface area contributed by atoms with Crippen molar-refractivity contribution >= 4 is 31.8 Å². The average Bonchev–Trinajstić information content (AvgIpc) is 2.73. The van der Waals surface area contributed by atoms with Gasteiger partial charge in [0.1, 0.15) is 17.9 Å². The highest BCUT2D eigenvalue weighted by molar-refractivity contribution is 7.89. The summed E-state index contributed by atoms with van der Waals surface area (Å²) < 4.78 is 74.7. The maximum absolute atomic E-state index is 13.8. The summed E-state index contributed by atoms with van der Waals surface area (Å²) in [4.78, 5) is 4.37. The summed E-state index contributed by atoms with van der Waals surface area (Å²) in [6.45, 7) is 3.96. The van der Waals surface area contributed by atoms with E-state index >= 15 is 0 Å². The predicted octanol–water partition coefficient (Wildman–Crippen LogP) is 5.60. The molecule has 0 fully saturated rings. The van der Waals surface area contributed by atoms with E-state index in [0.29, 0.717) is 27.5 Å². The Hall–Kier alpha value is -3.17. The summed E-state index contributed by atoms with van der Waals surface area (Å²) in [5.41, 5.74) is 2.63. The topological polar surface area (TPSA) is 68.3 Å². The van der Waals surface area contributed by atoms with E-state index < -0.39 is 28.8 Å². The lowest BCUT2D eigenvalue weighted by Crippen LogP contribution is -2.49. The van der Waals surface area contributed by atoms with Gasteiger partial charge in [0, 0.05) is 10.8 Å². The molecule has 1 heterocycles. The van der Waals surface area contributed by atoms with E-state index in [0.717, 1.165) is 10.9 Å². The summed E-state index contributed by atoms with van der Waals surface area (Å²) >= 11 is 0. The molecule has 178 valence electrons. The van der Waals surface area contributed by atoms with E-state index in [-0.39, 0.29) is 10.6 Å². The molecule has 1 N–H and O–H groups in total. The average molecular weight is 489 g/mol. The number of rotatable bonds is 6. The number of pyridine rings is 1. The molecule has 1 aromatic heterocycles. The Balaban J connectivity index is 1.65.